The van der Waals surface area contributed by atoms with Crippen LogP contribution in [0.4, 0.5) is 0 Å². The van der Waals surface area contributed by atoms with Gasteiger partial charge in [-0.3, -0.25) is 4.90 Å². The van der Waals surface area contributed by atoms with Crippen molar-refractivity contribution in [2.45, 2.75) is 64.3 Å². The van der Waals surface area contributed by atoms with Crippen LogP contribution in [0.15, 0.2) is 0 Å². The van der Waals surface area contributed by atoms with Gasteiger partial charge in [0.2, 0.25) is 0 Å². The predicted octanol–water partition coefficient (Wildman–Crippen LogP) is 3.41. The van der Waals surface area contributed by atoms with Crippen molar-refractivity contribution in [2.75, 3.05) is 25.5 Å². The summed E-state index contributed by atoms with van der Waals surface area (Å²) in [4.78, 5) is 2.67. The van der Waals surface area contributed by atoms with Crippen molar-refractivity contribution in [3.63, 3.8) is 0 Å². The van der Waals surface area contributed by atoms with E-state index in [1.165, 1.54) is 25.1 Å². The second-order valence-corrected chi connectivity index (χ2v) is 8.06. The minimum Gasteiger partial charge on any atom is -0.381 e. The highest BCUT2D eigenvalue weighted by atomic mass is 32.2. The molecule has 0 aromatic rings. The van der Waals surface area contributed by atoms with E-state index in [2.05, 4.69) is 51.3 Å². The summed E-state index contributed by atoms with van der Waals surface area (Å²) in [5.74, 6) is 1.24. The Balaban J connectivity index is 2.37. The second kappa shape index (κ2) is 7.01. The van der Waals surface area contributed by atoms with E-state index in [-0.39, 0.29) is 0 Å². The quantitative estimate of drug-likeness (QED) is 0.751. The Morgan fingerprint density at radius 1 is 1.24 bits per heavy atom. The smallest absolute Gasteiger partial charge is 0.0480 e. The molecule has 1 fully saturated rings. The summed E-state index contributed by atoms with van der Waals surface area (Å²) in [6, 6.07) is 1.39. The van der Waals surface area contributed by atoms with Crippen LogP contribution in [0.3, 0.4) is 0 Å². The lowest BCUT2D eigenvalue weighted by Gasteiger charge is -2.37. The first-order valence-electron chi connectivity index (χ1n) is 6.87. The Bertz CT molecular complexity index is 207. The van der Waals surface area contributed by atoms with E-state index in [0.29, 0.717) is 10.8 Å². The Kier molecular flexibility index (Phi) is 6.32. The standard InChI is InChI=1S/C14H29NOS/c1-12(2)15(8-11-17-14(3,4)5)13-6-9-16-10-7-13/h12-13H,6-11H2,1-5H3. The molecule has 1 rings (SSSR count). The summed E-state index contributed by atoms with van der Waals surface area (Å²) in [5.41, 5.74) is 0. The summed E-state index contributed by atoms with van der Waals surface area (Å²) in [6.07, 6.45) is 2.41. The van der Waals surface area contributed by atoms with Crippen molar-refractivity contribution in [1.29, 1.82) is 0 Å². The normalized spacial score (nSPS) is 19.2. The fourth-order valence-electron chi connectivity index (χ4n) is 2.34. The van der Waals surface area contributed by atoms with Gasteiger partial charge in [-0.25, -0.2) is 0 Å². The van der Waals surface area contributed by atoms with Gasteiger partial charge in [0.1, 0.15) is 0 Å². The highest BCUT2D eigenvalue weighted by Crippen LogP contribution is 2.24. The Morgan fingerprint density at radius 2 is 1.82 bits per heavy atom. The first-order valence-corrected chi connectivity index (χ1v) is 7.86. The van der Waals surface area contributed by atoms with Gasteiger partial charge < -0.3 is 4.74 Å². The van der Waals surface area contributed by atoms with E-state index in [1.807, 2.05) is 0 Å². The molecule has 1 aliphatic rings. The predicted molar refractivity (Wildman–Crippen MR) is 77.9 cm³/mol. The number of thioether (sulfide) groups is 1. The molecule has 1 heterocycles. The van der Waals surface area contributed by atoms with Crippen molar-refractivity contribution < 1.29 is 4.74 Å². The van der Waals surface area contributed by atoms with Gasteiger partial charge in [-0.2, -0.15) is 11.8 Å². The molecule has 0 N–H and O–H groups in total. The molecule has 0 saturated carbocycles. The molecule has 17 heavy (non-hydrogen) atoms. The van der Waals surface area contributed by atoms with Gasteiger partial charge in [0.05, 0.1) is 0 Å². The van der Waals surface area contributed by atoms with E-state index in [0.717, 1.165) is 19.3 Å². The van der Waals surface area contributed by atoms with Crippen molar-refractivity contribution in [2.24, 2.45) is 0 Å². The van der Waals surface area contributed by atoms with Crippen LogP contribution in [0.25, 0.3) is 0 Å². The third kappa shape index (κ3) is 6.12. The largest absolute Gasteiger partial charge is 0.381 e. The summed E-state index contributed by atoms with van der Waals surface area (Å²) >= 11 is 2.07. The highest BCUT2D eigenvalue weighted by Gasteiger charge is 2.23. The van der Waals surface area contributed by atoms with E-state index < -0.39 is 0 Å². The third-order valence-corrected chi connectivity index (χ3v) is 4.46. The summed E-state index contributed by atoms with van der Waals surface area (Å²) in [6.45, 7) is 14.6. The third-order valence-electron chi connectivity index (χ3n) is 3.21. The fraction of sp³-hybridized carbons (Fsp3) is 1.00. The monoisotopic (exact) mass is 259 g/mol. The van der Waals surface area contributed by atoms with Crippen molar-refractivity contribution in [1.82, 2.24) is 4.90 Å². The Morgan fingerprint density at radius 3 is 2.29 bits per heavy atom. The first-order chi connectivity index (χ1) is 7.90. The lowest BCUT2D eigenvalue weighted by molar-refractivity contribution is 0.0253. The van der Waals surface area contributed by atoms with E-state index in [9.17, 15) is 0 Å². The van der Waals surface area contributed by atoms with Crippen LogP contribution in [-0.2, 0) is 4.74 Å². The van der Waals surface area contributed by atoms with Crippen LogP contribution in [0.2, 0.25) is 0 Å². The van der Waals surface area contributed by atoms with Crippen LogP contribution in [-0.4, -0.2) is 47.2 Å². The van der Waals surface area contributed by atoms with Gasteiger partial charge in [0.25, 0.3) is 0 Å². The minimum absolute atomic E-state index is 0.387. The van der Waals surface area contributed by atoms with Crippen molar-refractivity contribution in [3.05, 3.63) is 0 Å². The van der Waals surface area contributed by atoms with E-state index >= 15 is 0 Å². The summed E-state index contributed by atoms with van der Waals surface area (Å²) in [5, 5.41) is 0. The van der Waals surface area contributed by atoms with Gasteiger partial charge in [0, 0.05) is 42.3 Å². The molecule has 3 heteroatoms. The van der Waals surface area contributed by atoms with Crippen molar-refractivity contribution >= 4 is 11.8 Å². The van der Waals surface area contributed by atoms with Gasteiger partial charge in [-0.1, -0.05) is 20.8 Å². The number of hydrogen-bond acceptors (Lipinski definition) is 3. The second-order valence-electron chi connectivity index (χ2n) is 6.14. The van der Waals surface area contributed by atoms with Crippen LogP contribution < -0.4 is 0 Å². The van der Waals surface area contributed by atoms with E-state index in [4.69, 9.17) is 4.74 Å². The van der Waals surface area contributed by atoms with Gasteiger partial charge in [-0.05, 0) is 26.7 Å². The molecule has 0 atom stereocenters. The lowest BCUT2D eigenvalue weighted by atomic mass is 10.1. The molecular formula is C14H29NOS. The molecular weight excluding hydrogens is 230 g/mol. The molecule has 1 aliphatic heterocycles. The van der Waals surface area contributed by atoms with Crippen LogP contribution in [0.5, 0.6) is 0 Å². The molecule has 0 amide bonds. The molecule has 1 saturated heterocycles. The average Bonchev–Trinajstić information content (AvgIpc) is 2.23. The molecule has 2 nitrogen and oxygen atoms in total. The fourth-order valence-corrected chi connectivity index (χ4v) is 3.25. The van der Waals surface area contributed by atoms with Crippen LogP contribution >= 0.6 is 11.8 Å². The minimum atomic E-state index is 0.387. The average molecular weight is 259 g/mol. The molecule has 0 spiro atoms. The maximum absolute atomic E-state index is 5.46. The maximum atomic E-state index is 5.46. The molecule has 0 unspecified atom stereocenters. The summed E-state index contributed by atoms with van der Waals surface area (Å²) < 4.78 is 5.84. The molecule has 0 bridgehead atoms. The lowest BCUT2D eigenvalue weighted by Crippen LogP contribution is -2.44. The molecule has 0 aliphatic carbocycles. The van der Waals surface area contributed by atoms with Crippen molar-refractivity contribution in [3.8, 4) is 0 Å². The Labute approximate surface area is 111 Å². The molecule has 0 radical (unpaired) electrons. The van der Waals surface area contributed by atoms with Gasteiger partial charge in [-0.15, -0.1) is 0 Å². The highest BCUT2D eigenvalue weighted by molar-refractivity contribution is 8.00. The van der Waals surface area contributed by atoms with Gasteiger partial charge in [0.15, 0.2) is 0 Å². The molecule has 0 aromatic carbocycles. The molecule has 102 valence electrons. The van der Waals surface area contributed by atoms with E-state index in [1.54, 1.807) is 0 Å². The summed E-state index contributed by atoms with van der Waals surface area (Å²) in [7, 11) is 0. The Hall–Kier alpha value is 0.270. The zero-order valence-electron chi connectivity index (χ0n) is 12.2. The zero-order valence-corrected chi connectivity index (χ0v) is 13.0. The SMILES string of the molecule is CC(C)N(CCSC(C)(C)C)C1CCOCC1. The van der Waals surface area contributed by atoms with Crippen LogP contribution in [0, 0.1) is 0 Å². The topological polar surface area (TPSA) is 12.5 Å². The first kappa shape index (κ1) is 15.3. The van der Waals surface area contributed by atoms with Gasteiger partial charge >= 0.3 is 0 Å². The number of hydrogen-bond donors (Lipinski definition) is 0. The maximum Gasteiger partial charge on any atom is 0.0480 e. The number of ether oxygens (including phenoxy) is 1. The zero-order chi connectivity index (χ0) is 12.9. The number of nitrogens with zero attached hydrogens (tertiary/aromatic N) is 1. The van der Waals surface area contributed by atoms with Crippen LogP contribution in [0.1, 0.15) is 47.5 Å². The number of rotatable bonds is 5. The molecule has 0 aromatic heterocycles.